The lowest BCUT2D eigenvalue weighted by Gasteiger charge is -2.05. The molecule has 0 saturated carbocycles. The summed E-state index contributed by atoms with van der Waals surface area (Å²) in [6.45, 7) is 8.57. The molecule has 0 aromatic heterocycles. The molecule has 1 aliphatic rings. The van der Waals surface area contributed by atoms with Crippen molar-refractivity contribution < 1.29 is 14.3 Å². The maximum Gasteiger partial charge on any atom is 0.330 e. The normalized spacial score (nSPS) is 25.9. The van der Waals surface area contributed by atoms with Crippen LogP contribution in [0, 0.1) is 0 Å². The van der Waals surface area contributed by atoms with E-state index in [0.29, 0.717) is 6.10 Å². The van der Waals surface area contributed by atoms with Crippen LogP contribution in [0.3, 0.4) is 0 Å². The molecule has 21 heavy (non-hydrogen) atoms. The Bertz CT molecular complexity index is 409. The van der Waals surface area contributed by atoms with Crippen LogP contribution in [0.25, 0.3) is 0 Å². The Hall–Kier alpha value is -1.09. The first kappa shape index (κ1) is 18.0. The maximum absolute atomic E-state index is 11.1. The highest BCUT2D eigenvalue weighted by Crippen LogP contribution is 2.42. The van der Waals surface area contributed by atoms with Gasteiger partial charge in [0.1, 0.15) is 0 Å². The molecule has 120 valence electrons. The molecule has 1 saturated heterocycles. The minimum atomic E-state index is -0.267. The smallest absolute Gasteiger partial charge is 0.330 e. The third-order valence-electron chi connectivity index (χ3n) is 4.46. The summed E-state index contributed by atoms with van der Waals surface area (Å²) in [5.74, 6) is -0.267. The van der Waals surface area contributed by atoms with Crippen LogP contribution >= 0.6 is 0 Å². The number of carbonyl (C=O) groups is 1. The number of hydrogen-bond donors (Lipinski definition) is 0. The molecule has 1 rings (SSSR count). The van der Waals surface area contributed by atoms with Crippen LogP contribution in [0.5, 0.6) is 0 Å². The van der Waals surface area contributed by atoms with E-state index in [-0.39, 0.29) is 11.6 Å². The SMILES string of the molecule is CCC(=CCCC(C)=CC(=O)OC)CC[C@H]1O[C@@]1(C)CC. The molecule has 0 N–H and O–H groups in total. The predicted molar refractivity (Wildman–Crippen MR) is 86.2 cm³/mol. The van der Waals surface area contributed by atoms with E-state index in [1.807, 2.05) is 6.92 Å². The van der Waals surface area contributed by atoms with Crippen molar-refractivity contribution in [3.8, 4) is 0 Å². The van der Waals surface area contributed by atoms with Crippen molar-refractivity contribution in [1.82, 2.24) is 0 Å². The summed E-state index contributed by atoms with van der Waals surface area (Å²) in [5, 5.41) is 0. The molecule has 0 aliphatic carbocycles. The molecule has 2 atom stereocenters. The van der Waals surface area contributed by atoms with Crippen molar-refractivity contribution in [2.75, 3.05) is 7.11 Å². The molecule has 0 amide bonds. The van der Waals surface area contributed by atoms with E-state index in [9.17, 15) is 4.79 Å². The number of allylic oxidation sites excluding steroid dienone is 3. The summed E-state index contributed by atoms with van der Waals surface area (Å²) >= 11 is 0. The van der Waals surface area contributed by atoms with Gasteiger partial charge in [-0.2, -0.15) is 0 Å². The minimum absolute atomic E-state index is 0.138. The van der Waals surface area contributed by atoms with Crippen LogP contribution in [-0.4, -0.2) is 24.8 Å². The van der Waals surface area contributed by atoms with Crippen molar-refractivity contribution in [3.63, 3.8) is 0 Å². The topological polar surface area (TPSA) is 38.8 Å². The van der Waals surface area contributed by atoms with Crippen LogP contribution in [0.1, 0.15) is 66.2 Å². The van der Waals surface area contributed by atoms with E-state index in [0.717, 1.165) is 44.1 Å². The third-order valence-corrected chi connectivity index (χ3v) is 4.46. The molecule has 0 unspecified atom stereocenters. The zero-order chi connectivity index (χ0) is 15.9. The Morgan fingerprint density at radius 2 is 2.05 bits per heavy atom. The third kappa shape index (κ3) is 6.04. The molecule has 0 radical (unpaired) electrons. The van der Waals surface area contributed by atoms with Gasteiger partial charge in [-0.1, -0.05) is 31.1 Å². The molecule has 3 nitrogen and oxygen atoms in total. The fourth-order valence-corrected chi connectivity index (χ4v) is 2.54. The fourth-order valence-electron chi connectivity index (χ4n) is 2.54. The summed E-state index contributed by atoms with van der Waals surface area (Å²) in [4.78, 5) is 11.1. The number of esters is 1. The maximum atomic E-state index is 11.1. The van der Waals surface area contributed by atoms with Gasteiger partial charge in [0.05, 0.1) is 18.8 Å². The van der Waals surface area contributed by atoms with Crippen LogP contribution in [0.15, 0.2) is 23.3 Å². The number of ether oxygens (including phenoxy) is 2. The van der Waals surface area contributed by atoms with E-state index in [1.54, 1.807) is 6.08 Å². The molecule has 0 bridgehead atoms. The Balaban J connectivity index is 2.32. The Kier molecular flexibility index (Phi) is 7.16. The number of carbonyl (C=O) groups excluding carboxylic acids is 1. The lowest BCUT2D eigenvalue weighted by Crippen LogP contribution is -2.07. The van der Waals surface area contributed by atoms with Crippen LogP contribution in [0.4, 0.5) is 0 Å². The van der Waals surface area contributed by atoms with E-state index >= 15 is 0 Å². The average molecular weight is 294 g/mol. The summed E-state index contributed by atoms with van der Waals surface area (Å²) in [7, 11) is 1.41. The van der Waals surface area contributed by atoms with Gasteiger partial charge in [0, 0.05) is 6.08 Å². The molecular formula is C18H30O3. The van der Waals surface area contributed by atoms with E-state index in [1.165, 1.54) is 12.7 Å². The van der Waals surface area contributed by atoms with Crippen LogP contribution in [-0.2, 0) is 14.3 Å². The highest BCUT2D eigenvalue weighted by molar-refractivity contribution is 5.82. The van der Waals surface area contributed by atoms with Crippen molar-refractivity contribution in [1.29, 1.82) is 0 Å². The zero-order valence-corrected chi connectivity index (χ0v) is 14.2. The van der Waals surface area contributed by atoms with Crippen molar-refractivity contribution >= 4 is 5.97 Å². The highest BCUT2D eigenvalue weighted by Gasteiger charge is 2.49. The fraction of sp³-hybridized carbons (Fsp3) is 0.722. The summed E-state index contributed by atoms with van der Waals surface area (Å²) in [6, 6.07) is 0. The second-order valence-electron chi connectivity index (χ2n) is 6.08. The number of methoxy groups -OCH3 is 1. The molecule has 3 heteroatoms. The zero-order valence-electron chi connectivity index (χ0n) is 14.2. The first-order valence-corrected chi connectivity index (χ1v) is 8.06. The van der Waals surface area contributed by atoms with Crippen LogP contribution in [0.2, 0.25) is 0 Å². The highest BCUT2D eigenvalue weighted by atomic mass is 16.6. The molecule has 0 aromatic rings. The van der Waals surface area contributed by atoms with Crippen molar-refractivity contribution in [2.45, 2.75) is 77.9 Å². The van der Waals surface area contributed by atoms with Gasteiger partial charge in [0.15, 0.2) is 0 Å². The minimum Gasteiger partial charge on any atom is -0.466 e. The Labute approximate surface area is 129 Å². The summed E-state index contributed by atoms with van der Waals surface area (Å²) < 4.78 is 10.4. The van der Waals surface area contributed by atoms with Gasteiger partial charge in [-0.3, -0.25) is 0 Å². The standard InChI is InChI=1S/C18H30O3/c1-6-15(11-12-16-18(4,7-2)21-16)10-8-9-14(3)13-17(19)20-5/h10,13,16H,6-9,11-12H2,1-5H3/t16-,18+/m1/s1. The van der Waals surface area contributed by atoms with Gasteiger partial charge in [-0.15, -0.1) is 0 Å². The average Bonchev–Trinajstić information content (AvgIpc) is 3.13. The second-order valence-corrected chi connectivity index (χ2v) is 6.08. The van der Waals surface area contributed by atoms with E-state index < -0.39 is 0 Å². The second kappa shape index (κ2) is 8.38. The van der Waals surface area contributed by atoms with Gasteiger partial charge in [0.2, 0.25) is 0 Å². The van der Waals surface area contributed by atoms with Gasteiger partial charge < -0.3 is 9.47 Å². The lowest BCUT2D eigenvalue weighted by atomic mass is 9.97. The Morgan fingerprint density at radius 1 is 1.33 bits per heavy atom. The lowest BCUT2D eigenvalue weighted by molar-refractivity contribution is -0.134. The number of hydrogen-bond acceptors (Lipinski definition) is 3. The molecule has 1 fully saturated rings. The summed E-state index contributed by atoms with van der Waals surface area (Å²) in [6.07, 6.45) is 10.7. The van der Waals surface area contributed by atoms with Gasteiger partial charge in [-0.25, -0.2) is 4.79 Å². The first-order valence-electron chi connectivity index (χ1n) is 8.06. The van der Waals surface area contributed by atoms with Crippen molar-refractivity contribution in [3.05, 3.63) is 23.3 Å². The number of epoxide rings is 1. The number of rotatable bonds is 9. The predicted octanol–water partition coefficient (Wildman–Crippen LogP) is 4.57. The molecule has 0 spiro atoms. The summed E-state index contributed by atoms with van der Waals surface area (Å²) in [5.41, 5.74) is 2.70. The molecule has 1 heterocycles. The van der Waals surface area contributed by atoms with E-state index in [4.69, 9.17) is 4.74 Å². The van der Waals surface area contributed by atoms with Gasteiger partial charge in [-0.05, 0) is 52.4 Å². The largest absolute Gasteiger partial charge is 0.466 e. The first-order chi connectivity index (χ1) is 9.95. The molecule has 1 aliphatic heterocycles. The van der Waals surface area contributed by atoms with Crippen molar-refractivity contribution in [2.24, 2.45) is 0 Å². The quantitative estimate of drug-likeness (QED) is 0.270. The molecule has 0 aromatic carbocycles. The van der Waals surface area contributed by atoms with Gasteiger partial charge >= 0.3 is 5.97 Å². The van der Waals surface area contributed by atoms with Crippen LogP contribution < -0.4 is 0 Å². The van der Waals surface area contributed by atoms with Gasteiger partial charge in [0.25, 0.3) is 0 Å². The molecular weight excluding hydrogens is 264 g/mol. The monoisotopic (exact) mass is 294 g/mol. The van der Waals surface area contributed by atoms with E-state index in [2.05, 4.69) is 31.6 Å². The Morgan fingerprint density at radius 3 is 2.57 bits per heavy atom.